The van der Waals surface area contributed by atoms with Crippen LogP contribution in [0.15, 0.2) is 41.3 Å². The van der Waals surface area contributed by atoms with E-state index in [0.29, 0.717) is 0 Å². The molecule has 0 unspecified atom stereocenters. The van der Waals surface area contributed by atoms with Gasteiger partial charge in [0.25, 0.3) is 10.0 Å². The van der Waals surface area contributed by atoms with E-state index in [4.69, 9.17) is 28.5 Å². The Morgan fingerprint density at radius 1 is 1.14 bits per heavy atom. The molecule has 0 atom stereocenters. The summed E-state index contributed by atoms with van der Waals surface area (Å²) in [6.45, 7) is 0. The number of hydrogen-bond donors (Lipinski definition) is 1. The molecule has 2 rings (SSSR count). The number of halogens is 3. The normalized spacial score (nSPS) is 11.0. The quantitative estimate of drug-likeness (QED) is 0.920. The third-order valence-corrected chi connectivity index (χ3v) is 4.54. The summed E-state index contributed by atoms with van der Waals surface area (Å²) in [4.78, 5) is -0.219. The zero-order valence-corrected chi connectivity index (χ0v) is 12.6. The average molecular weight is 345 g/mol. The topological polar surface area (TPSA) is 70.0 Å². The van der Waals surface area contributed by atoms with Crippen molar-refractivity contribution in [2.45, 2.75) is 4.90 Å². The molecule has 0 heterocycles. The van der Waals surface area contributed by atoms with Crippen molar-refractivity contribution in [3.05, 3.63) is 57.8 Å². The Morgan fingerprint density at radius 3 is 2.29 bits per heavy atom. The molecule has 0 aliphatic carbocycles. The molecule has 21 heavy (non-hydrogen) atoms. The van der Waals surface area contributed by atoms with Crippen LogP contribution in [0.25, 0.3) is 0 Å². The van der Waals surface area contributed by atoms with Gasteiger partial charge < -0.3 is 0 Å². The number of sulfonamides is 1. The second-order valence-electron chi connectivity index (χ2n) is 3.96. The Morgan fingerprint density at radius 2 is 1.71 bits per heavy atom. The first-order valence-corrected chi connectivity index (χ1v) is 7.75. The molecule has 2 aromatic carbocycles. The molecule has 0 bridgehead atoms. The molecule has 0 radical (unpaired) electrons. The lowest BCUT2D eigenvalue weighted by Gasteiger charge is -2.12. The summed E-state index contributed by atoms with van der Waals surface area (Å²) in [7, 11) is -4.08. The molecule has 108 valence electrons. The lowest BCUT2D eigenvalue weighted by atomic mass is 10.2. The fourth-order valence-electron chi connectivity index (χ4n) is 1.62. The van der Waals surface area contributed by atoms with Crippen molar-refractivity contribution < 1.29 is 12.8 Å². The van der Waals surface area contributed by atoms with Gasteiger partial charge in [-0.2, -0.15) is 5.26 Å². The van der Waals surface area contributed by atoms with Crippen LogP contribution in [0.4, 0.5) is 10.1 Å². The van der Waals surface area contributed by atoms with E-state index >= 15 is 0 Å². The molecule has 4 nitrogen and oxygen atoms in total. The summed E-state index contributed by atoms with van der Waals surface area (Å²) in [6, 6.07) is 9.29. The number of hydrogen-bond acceptors (Lipinski definition) is 3. The molecular formula is C13H7Cl2FN2O2S. The molecule has 0 spiro atoms. The Balaban J connectivity index is 2.51. The van der Waals surface area contributed by atoms with Crippen LogP contribution in [0.5, 0.6) is 0 Å². The van der Waals surface area contributed by atoms with E-state index in [1.165, 1.54) is 24.3 Å². The van der Waals surface area contributed by atoms with Crippen molar-refractivity contribution in [1.82, 2.24) is 0 Å². The molecule has 0 saturated carbocycles. The summed E-state index contributed by atoms with van der Waals surface area (Å²) < 4.78 is 39.9. The van der Waals surface area contributed by atoms with Gasteiger partial charge in [-0.1, -0.05) is 35.3 Å². The van der Waals surface area contributed by atoms with Gasteiger partial charge >= 0.3 is 0 Å². The smallest absolute Gasteiger partial charge is 0.263 e. The Labute approximate surface area is 130 Å². The summed E-state index contributed by atoms with van der Waals surface area (Å²) in [6.07, 6.45) is 0. The van der Waals surface area contributed by atoms with Crippen LogP contribution in [0.2, 0.25) is 10.0 Å². The van der Waals surface area contributed by atoms with E-state index in [1.54, 1.807) is 6.07 Å². The Kier molecular flexibility index (Phi) is 4.37. The van der Waals surface area contributed by atoms with E-state index < -0.39 is 15.8 Å². The fourth-order valence-corrected chi connectivity index (χ4v) is 3.55. The summed E-state index contributed by atoms with van der Waals surface area (Å²) in [5.74, 6) is -0.689. The molecule has 0 saturated heterocycles. The van der Waals surface area contributed by atoms with Crippen LogP contribution < -0.4 is 4.72 Å². The minimum Gasteiger partial charge on any atom is -0.277 e. The number of nitrogens with zero attached hydrogens (tertiary/aromatic N) is 1. The SMILES string of the molecule is N#Cc1ccccc1S(=O)(=O)Nc1c(Cl)cc(F)cc1Cl. The summed E-state index contributed by atoms with van der Waals surface area (Å²) in [5, 5.41) is 8.58. The maximum atomic E-state index is 13.1. The van der Waals surface area contributed by atoms with Crippen LogP contribution in [-0.4, -0.2) is 8.42 Å². The minimum absolute atomic E-state index is 0.0284. The number of nitriles is 1. The van der Waals surface area contributed by atoms with Gasteiger partial charge in [-0.05, 0) is 24.3 Å². The van der Waals surface area contributed by atoms with Crippen molar-refractivity contribution in [2.24, 2.45) is 0 Å². The van der Waals surface area contributed by atoms with Crippen molar-refractivity contribution in [1.29, 1.82) is 5.26 Å². The van der Waals surface area contributed by atoms with Gasteiger partial charge in [-0.25, -0.2) is 12.8 Å². The second-order valence-corrected chi connectivity index (χ2v) is 6.42. The van der Waals surface area contributed by atoms with Gasteiger partial charge in [-0.3, -0.25) is 4.72 Å². The third-order valence-electron chi connectivity index (χ3n) is 2.54. The molecule has 2 aromatic rings. The lowest BCUT2D eigenvalue weighted by Crippen LogP contribution is -2.15. The number of rotatable bonds is 3. The molecule has 0 aliphatic heterocycles. The molecule has 8 heteroatoms. The molecule has 0 aromatic heterocycles. The summed E-state index contributed by atoms with van der Waals surface area (Å²) in [5.41, 5.74) is -0.174. The second kappa shape index (κ2) is 5.90. The Bertz CT molecular complexity index is 824. The highest BCUT2D eigenvalue weighted by atomic mass is 35.5. The van der Waals surface area contributed by atoms with Gasteiger partial charge in [0.15, 0.2) is 0 Å². The third kappa shape index (κ3) is 3.27. The molecular weight excluding hydrogens is 338 g/mol. The van der Waals surface area contributed by atoms with Gasteiger partial charge in [0, 0.05) is 0 Å². The largest absolute Gasteiger partial charge is 0.277 e. The van der Waals surface area contributed by atoms with Crippen LogP contribution in [0.1, 0.15) is 5.56 Å². The van der Waals surface area contributed by atoms with Crippen LogP contribution in [0, 0.1) is 17.1 Å². The number of nitrogens with one attached hydrogen (secondary N) is 1. The average Bonchev–Trinajstić information content (AvgIpc) is 2.43. The van der Waals surface area contributed by atoms with Crippen LogP contribution >= 0.6 is 23.2 Å². The van der Waals surface area contributed by atoms with Crippen LogP contribution in [-0.2, 0) is 10.0 Å². The first-order chi connectivity index (χ1) is 9.85. The minimum atomic E-state index is -4.08. The lowest BCUT2D eigenvalue weighted by molar-refractivity contribution is 0.600. The van der Waals surface area contributed by atoms with Crippen molar-refractivity contribution in [3.8, 4) is 6.07 Å². The van der Waals surface area contributed by atoms with Crippen molar-refractivity contribution >= 4 is 38.9 Å². The molecule has 1 N–H and O–H groups in total. The zero-order valence-electron chi connectivity index (χ0n) is 10.3. The van der Waals surface area contributed by atoms with Gasteiger partial charge in [0.1, 0.15) is 16.8 Å². The number of benzene rings is 2. The maximum Gasteiger partial charge on any atom is 0.263 e. The highest BCUT2D eigenvalue weighted by Crippen LogP contribution is 2.33. The monoisotopic (exact) mass is 344 g/mol. The first kappa shape index (κ1) is 15.6. The predicted molar refractivity (Wildman–Crippen MR) is 78.4 cm³/mol. The van der Waals surface area contributed by atoms with Crippen molar-refractivity contribution in [2.75, 3.05) is 4.72 Å². The molecule has 0 amide bonds. The Hall–Kier alpha value is -1.81. The van der Waals surface area contributed by atoms with Gasteiger partial charge in [-0.15, -0.1) is 0 Å². The molecule has 0 aliphatic rings. The molecule has 0 fully saturated rings. The van der Waals surface area contributed by atoms with Crippen molar-refractivity contribution in [3.63, 3.8) is 0 Å². The van der Waals surface area contributed by atoms with Crippen LogP contribution in [0.3, 0.4) is 0 Å². The summed E-state index contributed by atoms with van der Waals surface area (Å²) >= 11 is 11.6. The van der Waals surface area contributed by atoms with E-state index in [-0.39, 0.29) is 26.2 Å². The standard InChI is InChI=1S/C13H7Cl2FN2O2S/c14-10-5-9(16)6-11(15)13(10)18-21(19,20)12-4-2-1-3-8(12)7-17/h1-6,18H. The van der Waals surface area contributed by atoms with Gasteiger partial charge in [0.05, 0.1) is 21.3 Å². The highest BCUT2D eigenvalue weighted by Gasteiger charge is 2.21. The zero-order chi connectivity index (χ0) is 15.6. The van der Waals surface area contributed by atoms with Gasteiger partial charge in [0.2, 0.25) is 0 Å². The van der Waals surface area contributed by atoms with E-state index in [9.17, 15) is 12.8 Å². The van der Waals surface area contributed by atoms with E-state index in [0.717, 1.165) is 12.1 Å². The predicted octanol–water partition coefficient (Wildman–Crippen LogP) is 3.80. The van der Waals surface area contributed by atoms with E-state index in [1.807, 2.05) is 0 Å². The fraction of sp³-hybridized carbons (Fsp3) is 0. The maximum absolute atomic E-state index is 13.1. The van der Waals surface area contributed by atoms with E-state index in [2.05, 4.69) is 4.72 Å². The first-order valence-electron chi connectivity index (χ1n) is 5.51. The number of anilines is 1. The highest BCUT2D eigenvalue weighted by molar-refractivity contribution is 7.92.